The van der Waals surface area contributed by atoms with E-state index in [1.807, 2.05) is 30.1 Å². The van der Waals surface area contributed by atoms with Crippen LogP contribution < -0.4 is 5.32 Å². The molecule has 110 valence electrons. The molecule has 1 aliphatic rings. The zero-order valence-electron chi connectivity index (χ0n) is 12.2. The van der Waals surface area contributed by atoms with Crippen LogP contribution in [0.15, 0.2) is 24.9 Å². The molecule has 1 atom stereocenters. The molecule has 1 amide bonds. The van der Waals surface area contributed by atoms with Gasteiger partial charge in [-0.05, 0) is 38.3 Å². The van der Waals surface area contributed by atoms with E-state index in [0.29, 0.717) is 11.7 Å². The second kappa shape index (κ2) is 7.24. The van der Waals surface area contributed by atoms with E-state index in [4.69, 9.17) is 0 Å². The summed E-state index contributed by atoms with van der Waals surface area (Å²) in [6.45, 7) is 6.44. The first-order chi connectivity index (χ1) is 9.72. The molecule has 5 heteroatoms. The maximum atomic E-state index is 12.2. The predicted octanol–water partition coefficient (Wildman–Crippen LogP) is 1.85. The fourth-order valence-corrected chi connectivity index (χ4v) is 2.48. The van der Waals surface area contributed by atoms with Crippen molar-refractivity contribution >= 4 is 5.91 Å². The number of carbonyl (C=O) groups excluding carboxylic acids is 1. The summed E-state index contributed by atoms with van der Waals surface area (Å²) in [5, 5.41) is 7.81. The van der Waals surface area contributed by atoms with Crippen molar-refractivity contribution < 1.29 is 4.79 Å². The lowest BCUT2D eigenvalue weighted by Crippen LogP contribution is -2.32. The minimum atomic E-state index is -0.00317. The molecule has 0 spiro atoms. The number of nitrogens with one attached hydrogen (secondary N) is 1. The molecular formula is C15H24N4O. The van der Waals surface area contributed by atoms with Crippen LogP contribution >= 0.6 is 0 Å². The van der Waals surface area contributed by atoms with Gasteiger partial charge in [-0.25, -0.2) is 0 Å². The second-order valence-electron chi connectivity index (χ2n) is 5.34. The Hall–Kier alpha value is -1.62. The highest BCUT2D eigenvalue weighted by Crippen LogP contribution is 2.16. The van der Waals surface area contributed by atoms with Crippen molar-refractivity contribution in [1.29, 1.82) is 0 Å². The number of amides is 1. The molecule has 0 bridgehead atoms. The van der Waals surface area contributed by atoms with E-state index in [-0.39, 0.29) is 5.91 Å². The average molecular weight is 276 g/mol. The molecule has 1 N–H and O–H groups in total. The van der Waals surface area contributed by atoms with Gasteiger partial charge in [0.1, 0.15) is 5.69 Å². The Bertz CT molecular complexity index is 448. The van der Waals surface area contributed by atoms with Gasteiger partial charge in [0.05, 0.1) is 6.04 Å². The van der Waals surface area contributed by atoms with Crippen molar-refractivity contribution in [3.8, 4) is 0 Å². The normalized spacial score (nSPS) is 18.8. The van der Waals surface area contributed by atoms with Crippen LogP contribution in [0.3, 0.4) is 0 Å². The number of hydrogen-bond acceptors (Lipinski definition) is 3. The zero-order chi connectivity index (χ0) is 14.4. The van der Waals surface area contributed by atoms with Crippen molar-refractivity contribution in [2.45, 2.75) is 31.7 Å². The Labute approximate surface area is 120 Å². The van der Waals surface area contributed by atoms with Gasteiger partial charge in [-0.15, -0.1) is 6.58 Å². The summed E-state index contributed by atoms with van der Waals surface area (Å²) >= 11 is 0. The maximum absolute atomic E-state index is 12.2. The largest absolute Gasteiger partial charge is 0.340 e. The van der Waals surface area contributed by atoms with Gasteiger partial charge in [0, 0.05) is 26.3 Å². The first-order valence-corrected chi connectivity index (χ1v) is 7.34. The molecular weight excluding hydrogens is 252 g/mol. The Morgan fingerprint density at radius 3 is 3.25 bits per heavy atom. The average Bonchev–Trinajstić information content (AvgIpc) is 2.97. The third-order valence-electron chi connectivity index (χ3n) is 3.72. The van der Waals surface area contributed by atoms with Crippen molar-refractivity contribution in [1.82, 2.24) is 20.0 Å². The van der Waals surface area contributed by atoms with Crippen LogP contribution in [0.1, 0.15) is 42.2 Å². The highest BCUT2D eigenvalue weighted by atomic mass is 16.2. The molecule has 0 aliphatic carbocycles. The number of aromatic nitrogens is 2. The van der Waals surface area contributed by atoms with Gasteiger partial charge in [0.2, 0.25) is 0 Å². The van der Waals surface area contributed by atoms with E-state index in [1.54, 1.807) is 4.90 Å². The fourth-order valence-electron chi connectivity index (χ4n) is 2.48. The Morgan fingerprint density at radius 2 is 2.55 bits per heavy atom. The number of nitrogens with zero attached hydrogens (tertiary/aromatic N) is 3. The topological polar surface area (TPSA) is 50.2 Å². The molecule has 1 fully saturated rings. The maximum Gasteiger partial charge on any atom is 0.274 e. The predicted molar refractivity (Wildman–Crippen MR) is 79.8 cm³/mol. The van der Waals surface area contributed by atoms with Gasteiger partial charge >= 0.3 is 0 Å². The van der Waals surface area contributed by atoms with Gasteiger partial charge in [0.25, 0.3) is 5.91 Å². The summed E-state index contributed by atoms with van der Waals surface area (Å²) < 4.78 is 1.93. The first kappa shape index (κ1) is 14.8. The van der Waals surface area contributed by atoms with Gasteiger partial charge in [0.15, 0.2) is 0 Å². The van der Waals surface area contributed by atoms with Crippen LogP contribution in [0.2, 0.25) is 0 Å². The minimum absolute atomic E-state index is 0.00317. The lowest BCUT2D eigenvalue weighted by Gasteiger charge is -2.23. The summed E-state index contributed by atoms with van der Waals surface area (Å²) in [7, 11) is 1.83. The van der Waals surface area contributed by atoms with Crippen LogP contribution in [0.5, 0.6) is 0 Å². The van der Waals surface area contributed by atoms with E-state index < -0.39 is 0 Å². The van der Waals surface area contributed by atoms with Crippen molar-refractivity contribution in [2.75, 3.05) is 26.7 Å². The van der Waals surface area contributed by atoms with Crippen LogP contribution in [0.4, 0.5) is 0 Å². The van der Waals surface area contributed by atoms with Gasteiger partial charge in [-0.1, -0.05) is 6.08 Å². The van der Waals surface area contributed by atoms with Crippen molar-refractivity contribution in [3.63, 3.8) is 0 Å². The van der Waals surface area contributed by atoms with E-state index in [0.717, 1.165) is 45.3 Å². The Kier molecular flexibility index (Phi) is 5.35. The summed E-state index contributed by atoms with van der Waals surface area (Å²) in [4.78, 5) is 14.0. The Morgan fingerprint density at radius 1 is 1.70 bits per heavy atom. The van der Waals surface area contributed by atoms with Gasteiger partial charge < -0.3 is 10.2 Å². The first-order valence-electron chi connectivity index (χ1n) is 7.34. The third kappa shape index (κ3) is 3.70. The summed E-state index contributed by atoms with van der Waals surface area (Å²) in [6.07, 6.45) is 7.96. The SMILES string of the molecule is C=CCCCN(C)C(=O)c1ccn(C2CCCNC2)n1. The molecule has 2 heterocycles. The van der Waals surface area contributed by atoms with E-state index in [9.17, 15) is 4.79 Å². The van der Waals surface area contributed by atoms with E-state index in [2.05, 4.69) is 17.0 Å². The number of rotatable bonds is 6. The van der Waals surface area contributed by atoms with Crippen molar-refractivity contribution in [2.24, 2.45) is 0 Å². The molecule has 0 aromatic carbocycles. The van der Waals surface area contributed by atoms with Crippen LogP contribution in [-0.4, -0.2) is 47.3 Å². The molecule has 5 nitrogen and oxygen atoms in total. The number of hydrogen-bond donors (Lipinski definition) is 1. The quantitative estimate of drug-likeness (QED) is 0.637. The molecule has 0 saturated carbocycles. The lowest BCUT2D eigenvalue weighted by atomic mass is 10.1. The minimum Gasteiger partial charge on any atom is -0.340 e. The number of allylic oxidation sites excluding steroid dienone is 1. The standard InChI is InChI=1S/C15H24N4O/c1-3-4-5-10-18(2)15(20)14-8-11-19(17-14)13-7-6-9-16-12-13/h3,8,11,13,16H,1,4-7,9-10,12H2,2H3. The fraction of sp³-hybridized carbons (Fsp3) is 0.600. The zero-order valence-corrected chi connectivity index (χ0v) is 12.2. The van der Waals surface area contributed by atoms with Crippen molar-refractivity contribution in [3.05, 3.63) is 30.6 Å². The number of carbonyl (C=O) groups is 1. The summed E-state index contributed by atoms with van der Waals surface area (Å²) in [5.41, 5.74) is 0.539. The molecule has 1 aliphatic heterocycles. The number of unbranched alkanes of at least 4 members (excludes halogenated alkanes) is 1. The Balaban J connectivity index is 1.93. The monoisotopic (exact) mass is 276 g/mol. The smallest absolute Gasteiger partial charge is 0.274 e. The molecule has 20 heavy (non-hydrogen) atoms. The van der Waals surface area contributed by atoms with E-state index in [1.165, 1.54) is 0 Å². The summed E-state index contributed by atoms with van der Waals surface area (Å²) in [6, 6.07) is 2.19. The molecule has 1 aromatic heterocycles. The molecule has 1 unspecified atom stereocenters. The third-order valence-corrected chi connectivity index (χ3v) is 3.72. The lowest BCUT2D eigenvalue weighted by molar-refractivity contribution is 0.0786. The molecule has 1 aromatic rings. The highest BCUT2D eigenvalue weighted by Gasteiger charge is 2.19. The van der Waals surface area contributed by atoms with Crippen LogP contribution in [-0.2, 0) is 0 Å². The van der Waals surface area contributed by atoms with Crippen LogP contribution in [0, 0.1) is 0 Å². The molecule has 0 radical (unpaired) electrons. The van der Waals surface area contributed by atoms with Gasteiger partial charge in [-0.3, -0.25) is 9.48 Å². The molecule has 1 saturated heterocycles. The second-order valence-corrected chi connectivity index (χ2v) is 5.34. The van der Waals surface area contributed by atoms with E-state index >= 15 is 0 Å². The summed E-state index contributed by atoms with van der Waals surface area (Å²) in [5.74, 6) is -0.00317. The van der Waals surface area contributed by atoms with Crippen LogP contribution in [0.25, 0.3) is 0 Å². The molecule has 2 rings (SSSR count). The number of piperidine rings is 1. The van der Waals surface area contributed by atoms with Gasteiger partial charge in [-0.2, -0.15) is 5.10 Å². The highest BCUT2D eigenvalue weighted by molar-refractivity contribution is 5.91.